The standard InChI is InChI=1S/C22H26N4O3/c1-14(2)11-22(3,13-23)25-19(27)16-4-5-17-18(10-16)21(29)26(20(17)28)12-15-6-8-24-9-7-15/h4-10,14H,11-13,23H2,1-3H3,(H,25,27). The van der Waals surface area contributed by atoms with E-state index in [2.05, 4.69) is 24.1 Å². The lowest BCUT2D eigenvalue weighted by Gasteiger charge is -2.31. The minimum atomic E-state index is -0.544. The quantitative estimate of drug-likeness (QED) is 0.702. The van der Waals surface area contributed by atoms with Crippen molar-refractivity contribution in [3.63, 3.8) is 0 Å². The lowest BCUT2D eigenvalue weighted by atomic mass is 9.90. The number of nitrogens with one attached hydrogen (secondary N) is 1. The van der Waals surface area contributed by atoms with Gasteiger partial charge in [-0.15, -0.1) is 0 Å². The maximum Gasteiger partial charge on any atom is 0.261 e. The predicted octanol–water partition coefficient (Wildman–Crippen LogP) is 2.37. The summed E-state index contributed by atoms with van der Waals surface area (Å²) in [4.78, 5) is 43.4. The average Bonchev–Trinajstić information content (AvgIpc) is 2.92. The fourth-order valence-electron chi connectivity index (χ4n) is 3.68. The number of benzene rings is 1. The zero-order chi connectivity index (χ0) is 21.2. The van der Waals surface area contributed by atoms with Crippen molar-refractivity contribution in [1.82, 2.24) is 15.2 Å². The SMILES string of the molecule is CC(C)CC(C)(CN)NC(=O)c1ccc2c(c1)C(=O)N(Cc1ccncc1)C2=O. The molecule has 152 valence electrons. The van der Waals surface area contributed by atoms with Crippen LogP contribution in [0.3, 0.4) is 0 Å². The van der Waals surface area contributed by atoms with Gasteiger partial charge in [-0.05, 0) is 55.2 Å². The third-order valence-corrected chi connectivity index (χ3v) is 5.05. The van der Waals surface area contributed by atoms with Crippen LogP contribution in [-0.4, -0.2) is 39.7 Å². The summed E-state index contributed by atoms with van der Waals surface area (Å²) in [6.07, 6.45) is 3.96. The van der Waals surface area contributed by atoms with Crippen LogP contribution in [0.1, 0.15) is 63.8 Å². The Morgan fingerprint density at radius 3 is 2.41 bits per heavy atom. The first-order valence-electron chi connectivity index (χ1n) is 9.66. The Labute approximate surface area is 170 Å². The van der Waals surface area contributed by atoms with E-state index in [0.717, 1.165) is 12.0 Å². The van der Waals surface area contributed by atoms with E-state index in [1.807, 2.05) is 6.92 Å². The van der Waals surface area contributed by atoms with Crippen LogP contribution >= 0.6 is 0 Å². The molecule has 0 bridgehead atoms. The van der Waals surface area contributed by atoms with Crippen molar-refractivity contribution < 1.29 is 14.4 Å². The number of imide groups is 1. The number of aromatic nitrogens is 1. The summed E-state index contributed by atoms with van der Waals surface area (Å²) in [5.41, 5.74) is 7.03. The van der Waals surface area contributed by atoms with E-state index >= 15 is 0 Å². The van der Waals surface area contributed by atoms with Gasteiger partial charge in [0.2, 0.25) is 0 Å². The van der Waals surface area contributed by atoms with Gasteiger partial charge in [0, 0.05) is 30.0 Å². The van der Waals surface area contributed by atoms with Gasteiger partial charge in [-0.1, -0.05) is 13.8 Å². The maximum absolute atomic E-state index is 12.8. The maximum atomic E-state index is 12.8. The van der Waals surface area contributed by atoms with Crippen molar-refractivity contribution in [2.75, 3.05) is 6.54 Å². The van der Waals surface area contributed by atoms with Crippen LogP contribution in [0.15, 0.2) is 42.7 Å². The molecule has 0 saturated heterocycles. The van der Waals surface area contributed by atoms with Gasteiger partial charge in [-0.3, -0.25) is 24.3 Å². The van der Waals surface area contributed by atoms with Gasteiger partial charge in [0.05, 0.1) is 17.7 Å². The van der Waals surface area contributed by atoms with E-state index < -0.39 is 11.4 Å². The van der Waals surface area contributed by atoms with E-state index in [0.29, 0.717) is 23.6 Å². The largest absolute Gasteiger partial charge is 0.346 e. The lowest BCUT2D eigenvalue weighted by Crippen LogP contribution is -2.52. The summed E-state index contributed by atoms with van der Waals surface area (Å²) in [5, 5.41) is 2.98. The van der Waals surface area contributed by atoms with Crippen molar-refractivity contribution in [1.29, 1.82) is 0 Å². The number of carbonyl (C=O) groups excluding carboxylic acids is 3. The van der Waals surface area contributed by atoms with Crippen molar-refractivity contribution in [3.8, 4) is 0 Å². The van der Waals surface area contributed by atoms with Gasteiger partial charge in [0.1, 0.15) is 0 Å². The number of rotatable bonds is 7. The summed E-state index contributed by atoms with van der Waals surface area (Å²) in [6.45, 7) is 6.51. The van der Waals surface area contributed by atoms with E-state index in [4.69, 9.17) is 5.73 Å². The number of nitrogens with two attached hydrogens (primary N) is 1. The smallest absolute Gasteiger partial charge is 0.261 e. The molecule has 7 nitrogen and oxygen atoms in total. The molecular weight excluding hydrogens is 368 g/mol. The molecular formula is C22H26N4O3. The Balaban J connectivity index is 1.81. The Hall–Kier alpha value is -3.06. The van der Waals surface area contributed by atoms with Crippen molar-refractivity contribution >= 4 is 17.7 Å². The molecule has 0 aliphatic carbocycles. The van der Waals surface area contributed by atoms with Crippen molar-refractivity contribution in [2.24, 2.45) is 11.7 Å². The minimum absolute atomic E-state index is 0.163. The average molecular weight is 394 g/mol. The van der Waals surface area contributed by atoms with Crippen molar-refractivity contribution in [2.45, 2.75) is 39.3 Å². The molecule has 1 unspecified atom stereocenters. The first-order valence-corrected chi connectivity index (χ1v) is 9.66. The Kier molecular flexibility index (Phi) is 5.79. The molecule has 1 aliphatic heterocycles. The van der Waals surface area contributed by atoms with Crippen LogP contribution in [0.4, 0.5) is 0 Å². The number of pyridine rings is 1. The number of amides is 3. The minimum Gasteiger partial charge on any atom is -0.346 e. The molecule has 0 spiro atoms. The van der Waals surface area contributed by atoms with Crippen LogP contribution < -0.4 is 11.1 Å². The molecule has 2 heterocycles. The zero-order valence-corrected chi connectivity index (χ0v) is 16.9. The van der Waals surface area contributed by atoms with Crippen LogP contribution in [0.25, 0.3) is 0 Å². The fourth-order valence-corrected chi connectivity index (χ4v) is 3.68. The number of hydrogen-bond acceptors (Lipinski definition) is 5. The summed E-state index contributed by atoms with van der Waals surface area (Å²) >= 11 is 0. The highest BCUT2D eigenvalue weighted by Gasteiger charge is 2.36. The Morgan fingerprint density at radius 1 is 1.14 bits per heavy atom. The van der Waals surface area contributed by atoms with E-state index in [9.17, 15) is 14.4 Å². The number of fused-ring (bicyclic) bond motifs is 1. The van der Waals surface area contributed by atoms with Gasteiger partial charge in [-0.25, -0.2) is 0 Å². The van der Waals surface area contributed by atoms with E-state index in [1.165, 1.54) is 11.0 Å². The first-order chi connectivity index (χ1) is 13.7. The molecule has 3 amide bonds. The second-order valence-corrected chi connectivity index (χ2v) is 8.13. The molecule has 1 aliphatic rings. The van der Waals surface area contributed by atoms with Crippen LogP contribution in [-0.2, 0) is 6.54 Å². The van der Waals surface area contributed by atoms with Crippen LogP contribution in [0, 0.1) is 5.92 Å². The summed E-state index contributed by atoms with van der Waals surface area (Å²) in [6, 6.07) is 8.11. The molecule has 1 aromatic carbocycles. The van der Waals surface area contributed by atoms with E-state index in [-0.39, 0.29) is 23.9 Å². The summed E-state index contributed by atoms with van der Waals surface area (Å²) in [5.74, 6) is -0.709. The van der Waals surface area contributed by atoms with Crippen LogP contribution in [0.2, 0.25) is 0 Å². The van der Waals surface area contributed by atoms with Gasteiger partial charge in [0.25, 0.3) is 17.7 Å². The Morgan fingerprint density at radius 2 is 1.79 bits per heavy atom. The number of nitrogens with zero attached hydrogens (tertiary/aromatic N) is 2. The highest BCUT2D eigenvalue weighted by Crippen LogP contribution is 2.26. The van der Waals surface area contributed by atoms with Gasteiger partial charge >= 0.3 is 0 Å². The molecule has 0 radical (unpaired) electrons. The topological polar surface area (TPSA) is 105 Å². The summed E-state index contributed by atoms with van der Waals surface area (Å²) in [7, 11) is 0. The van der Waals surface area contributed by atoms with Crippen molar-refractivity contribution in [3.05, 3.63) is 65.0 Å². The molecule has 0 saturated carbocycles. The second kappa shape index (κ2) is 8.13. The second-order valence-electron chi connectivity index (χ2n) is 8.13. The monoisotopic (exact) mass is 394 g/mol. The fraction of sp³-hybridized carbons (Fsp3) is 0.364. The van der Waals surface area contributed by atoms with Gasteiger partial charge in [0.15, 0.2) is 0 Å². The molecule has 2 aromatic rings. The summed E-state index contributed by atoms with van der Waals surface area (Å²) < 4.78 is 0. The first kappa shape index (κ1) is 20.7. The lowest BCUT2D eigenvalue weighted by molar-refractivity contribution is 0.0642. The van der Waals surface area contributed by atoms with E-state index in [1.54, 1.807) is 36.7 Å². The van der Waals surface area contributed by atoms with Gasteiger partial charge < -0.3 is 11.1 Å². The zero-order valence-electron chi connectivity index (χ0n) is 16.9. The van der Waals surface area contributed by atoms with Gasteiger partial charge in [-0.2, -0.15) is 0 Å². The number of carbonyl (C=O) groups is 3. The van der Waals surface area contributed by atoms with Crippen LogP contribution in [0.5, 0.6) is 0 Å². The molecule has 1 atom stereocenters. The molecule has 7 heteroatoms. The molecule has 1 aromatic heterocycles. The molecule has 3 N–H and O–H groups in total. The Bertz CT molecular complexity index is 942. The molecule has 29 heavy (non-hydrogen) atoms. The number of hydrogen-bond donors (Lipinski definition) is 2. The third-order valence-electron chi connectivity index (χ3n) is 5.05. The third kappa shape index (κ3) is 4.35. The normalized spacial score (nSPS) is 15.4. The highest BCUT2D eigenvalue weighted by molar-refractivity contribution is 6.22. The predicted molar refractivity (Wildman–Crippen MR) is 109 cm³/mol. The molecule has 3 rings (SSSR count). The molecule has 0 fully saturated rings. The highest BCUT2D eigenvalue weighted by atomic mass is 16.2.